The van der Waals surface area contributed by atoms with Crippen molar-refractivity contribution in [2.24, 2.45) is 11.7 Å². The van der Waals surface area contributed by atoms with E-state index in [1.165, 1.54) is 12.8 Å². The van der Waals surface area contributed by atoms with Crippen LogP contribution in [0.5, 0.6) is 5.75 Å². The van der Waals surface area contributed by atoms with Gasteiger partial charge in [-0.2, -0.15) is 0 Å². The van der Waals surface area contributed by atoms with E-state index in [2.05, 4.69) is 5.32 Å². The van der Waals surface area contributed by atoms with Crippen LogP contribution in [0, 0.1) is 5.92 Å². The van der Waals surface area contributed by atoms with E-state index < -0.39 is 0 Å². The van der Waals surface area contributed by atoms with Gasteiger partial charge in [0.1, 0.15) is 5.75 Å². The van der Waals surface area contributed by atoms with E-state index in [1.807, 2.05) is 19.1 Å². The van der Waals surface area contributed by atoms with Crippen molar-refractivity contribution in [2.45, 2.75) is 25.8 Å². The first-order valence-electron chi connectivity index (χ1n) is 6.47. The van der Waals surface area contributed by atoms with Gasteiger partial charge >= 0.3 is 0 Å². The molecular formula is C14H21ClN2O2. The molecule has 0 spiro atoms. The first-order valence-corrected chi connectivity index (χ1v) is 6.47. The number of benzene rings is 1. The highest BCUT2D eigenvalue weighted by molar-refractivity contribution is 5.94. The van der Waals surface area contributed by atoms with Gasteiger partial charge in [-0.25, -0.2) is 0 Å². The quantitative estimate of drug-likeness (QED) is 0.839. The average Bonchev–Trinajstić information content (AvgIpc) is 3.20. The van der Waals surface area contributed by atoms with Gasteiger partial charge in [0, 0.05) is 18.2 Å². The van der Waals surface area contributed by atoms with Crippen LogP contribution >= 0.6 is 12.4 Å². The third-order valence-corrected chi connectivity index (χ3v) is 3.13. The maximum absolute atomic E-state index is 11.9. The molecule has 0 aromatic heterocycles. The van der Waals surface area contributed by atoms with Gasteiger partial charge in [0.25, 0.3) is 5.91 Å². The number of amides is 1. The second kappa shape index (κ2) is 7.36. The van der Waals surface area contributed by atoms with Crippen LogP contribution in [0.1, 0.15) is 30.1 Å². The molecule has 0 aliphatic heterocycles. The van der Waals surface area contributed by atoms with Crippen LogP contribution in [-0.2, 0) is 0 Å². The first-order chi connectivity index (χ1) is 8.70. The fourth-order valence-electron chi connectivity index (χ4n) is 1.90. The molecule has 0 heterocycles. The van der Waals surface area contributed by atoms with Gasteiger partial charge in [-0.05, 0) is 43.9 Å². The maximum Gasteiger partial charge on any atom is 0.251 e. The molecule has 4 nitrogen and oxygen atoms in total. The van der Waals surface area contributed by atoms with Gasteiger partial charge in [-0.15, -0.1) is 12.4 Å². The molecule has 19 heavy (non-hydrogen) atoms. The molecule has 3 N–H and O–H groups in total. The Balaban J connectivity index is 0.00000180. The Hall–Kier alpha value is -1.26. The van der Waals surface area contributed by atoms with Gasteiger partial charge < -0.3 is 15.8 Å². The normalized spacial score (nSPS) is 15.3. The maximum atomic E-state index is 11.9. The van der Waals surface area contributed by atoms with Crippen molar-refractivity contribution < 1.29 is 9.53 Å². The molecule has 0 radical (unpaired) electrons. The fourth-order valence-corrected chi connectivity index (χ4v) is 1.90. The molecule has 2 rings (SSSR count). The Morgan fingerprint density at radius 1 is 1.53 bits per heavy atom. The van der Waals surface area contributed by atoms with E-state index in [1.54, 1.807) is 12.1 Å². The van der Waals surface area contributed by atoms with E-state index in [0.717, 1.165) is 5.75 Å². The van der Waals surface area contributed by atoms with Crippen molar-refractivity contribution in [3.63, 3.8) is 0 Å². The summed E-state index contributed by atoms with van der Waals surface area (Å²) in [6.45, 7) is 3.06. The van der Waals surface area contributed by atoms with Crippen LogP contribution in [0.3, 0.4) is 0 Å². The Kier molecular flexibility index (Phi) is 6.12. The summed E-state index contributed by atoms with van der Waals surface area (Å²) in [5.74, 6) is 1.23. The van der Waals surface area contributed by atoms with E-state index in [-0.39, 0.29) is 24.4 Å². The van der Waals surface area contributed by atoms with Crippen molar-refractivity contribution in [3.8, 4) is 5.75 Å². The zero-order valence-electron chi connectivity index (χ0n) is 11.1. The average molecular weight is 285 g/mol. The minimum absolute atomic E-state index is 0. The number of carbonyl (C=O) groups excluding carboxylic acids is 1. The Morgan fingerprint density at radius 3 is 2.89 bits per heavy atom. The fraction of sp³-hybridized carbons (Fsp3) is 0.500. The SMILES string of the molecule is CCOc1cccc(C(=O)NCC(N)C2CC2)c1.Cl. The summed E-state index contributed by atoms with van der Waals surface area (Å²) in [5.41, 5.74) is 6.56. The summed E-state index contributed by atoms with van der Waals surface area (Å²) >= 11 is 0. The largest absolute Gasteiger partial charge is 0.494 e. The molecule has 1 aliphatic rings. The van der Waals surface area contributed by atoms with E-state index >= 15 is 0 Å². The van der Waals surface area contributed by atoms with Crippen LogP contribution < -0.4 is 15.8 Å². The van der Waals surface area contributed by atoms with Gasteiger partial charge in [0.2, 0.25) is 0 Å². The van der Waals surface area contributed by atoms with Crippen LogP contribution in [0.15, 0.2) is 24.3 Å². The molecule has 0 bridgehead atoms. The lowest BCUT2D eigenvalue weighted by Gasteiger charge is -2.12. The van der Waals surface area contributed by atoms with E-state index in [9.17, 15) is 4.79 Å². The zero-order valence-corrected chi connectivity index (χ0v) is 11.9. The second-order valence-electron chi connectivity index (χ2n) is 4.67. The van der Waals surface area contributed by atoms with Crippen LogP contribution in [-0.4, -0.2) is 25.1 Å². The van der Waals surface area contributed by atoms with Crippen LogP contribution in [0.4, 0.5) is 0 Å². The molecule has 5 heteroatoms. The molecule has 1 aromatic carbocycles. The van der Waals surface area contributed by atoms with Gasteiger partial charge in [-0.1, -0.05) is 6.07 Å². The molecule has 1 aliphatic carbocycles. The summed E-state index contributed by atoms with van der Waals surface area (Å²) in [6.07, 6.45) is 2.38. The third-order valence-electron chi connectivity index (χ3n) is 3.13. The highest BCUT2D eigenvalue weighted by atomic mass is 35.5. The number of nitrogens with one attached hydrogen (secondary N) is 1. The van der Waals surface area contributed by atoms with Crippen molar-refractivity contribution in [1.82, 2.24) is 5.32 Å². The second-order valence-corrected chi connectivity index (χ2v) is 4.67. The van der Waals surface area contributed by atoms with Gasteiger partial charge in [-0.3, -0.25) is 4.79 Å². The molecule has 1 fully saturated rings. The molecule has 1 aromatic rings. The highest BCUT2D eigenvalue weighted by Crippen LogP contribution is 2.31. The summed E-state index contributed by atoms with van der Waals surface area (Å²) in [5, 5.41) is 2.87. The van der Waals surface area contributed by atoms with Crippen molar-refractivity contribution in [3.05, 3.63) is 29.8 Å². The van der Waals surface area contributed by atoms with E-state index in [4.69, 9.17) is 10.5 Å². The van der Waals surface area contributed by atoms with Crippen molar-refractivity contribution in [2.75, 3.05) is 13.2 Å². The standard InChI is InChI=1S/C14H20N2O2.ClH/c1-2-18-12-5-3-4-11(8-12)14(17)16-9-13(15)10-6-7-10;/h3-5,8,10,13H,2,6-7,9,15H2,1H3,(H,16,17);1H. The molecule has 1 unspecified atom stereocenters. The van der Waals surface area contributed by atoms with Gasteiger partial charge in [0.05, 0.1) is 6.61 Å². The predicted octanol–water partition coefficient (Wildman–Crippen LogP) is 1.97. The molecular weight excluding hydrogens is 264 g/mol. The Bertz CT molecular complexity index is 422. The lowest BCUT2D eigenvalue weighted by atomic mass is 10.1. The van der Waals surface area contributed by atoms with Crippen molar-refractivity contribution in [1.29, 1.82) is 0 Å². The van der Waals surface area contributed by atoms with Gasteiger partial charge in [0.15, 0.2) is 0 Å². The highest BCUT2D eigenvalue weighted by Gasteiger charge is 2.28. The number of halogens is 1. The monoisotopic (exact) mass is 284 g/mol. The Morgan fingerprint density at radius 2 is 2.26 bits per heavy atom. The van der Waals surface area contributed by atoms with Crippen LogP contribution in [0.2, 0.25) is 0 Å². The summed E-state index contributed by atoms with van der Waals surface area (Å²) < 4.78 is 5.37. The minimum atomic E-state index is -0.0901. The minimum Gasteiger partial charge on any atom is -0.494 e. The number of carbonyl (C=O) groups is 1. The van der Waals surface area contributed by atoms with Crippen molar-refractivity contribution >= 4 is 18.3 Å². The zero-order chi connectivity index (χ0) is 13.0. The summed E-state index contributed by atoms with van der Waals surface area (Å²) in [4.78, 5) is 11.9. The lowest BCUT2D eigenvalue weighted by molar-refractivity contribution is 0.0950. The summed E-state index contributed by atoms with van der Waals surface area (Å²) in [7, 11) is 0. The van der Waals surface area contributed by atoms with Crippen LogP contribution in [0.25, 0.3) is 0 Å². The third kappa shape index (κ3) is 4.73. The topological polar surface area (TPSA) is 64.3 Å². The number of rotatable bonds is 6. The molecule has 106 valence electrons. The number of nitrogens with two attached hydrogens (primary N) is 1. The van der Waals surface area contributed by atoms with E-state index in [0.29, 0.717) is 24.6 Å². The number of ether oxygens (including phenoxy) is 1. The predicted molar refractivity (Wildman–Crippen MR) is 77.9 cm³/mol. The molecule has 1 atom stereocenters. The lowest BCUT2D eigenvalue weighted by Crippen LogP contribution is -2.38. The summed E-state index contributed by atoms with van der Waals surface area (Å²) in [6, 6.07) is 7.28. The molecule has 1 amide bonds. The smallest absolute Gasteiger partial charge is 0.251 e. The number of hydrogen-bond donors (Lipinski definition) is 2. The molecule has 1 saturated carbocycles. The Labute approximate surface area is 120 Å². The number of hydrogen-bond acceptors (Lipinski definition) is 3. The molecule has 0 saturated heterocycles. The first kappa shape index (κ1) is 15.8.